The van der Waals surface area contributed by atoms with Crippen molar-refractivity contribution in [3.63, 3.8) is 0 Å². The molecule has 21 heavy (non-hydrogen) atoms. The second-order valence-corrected chi connectivity index (χ2v) is 6.00. The largest absolute Gasteiger partial charge is 0.390 e. The maximum absolute atomic E-state index is 12.5. The molecule has 1 saturated heterocycles. The van der Waals surface area contributed by atoms with E-state index in [0.29, 0.717) is 25.2 Å². The molecule has 2 rings (SSSR count). The lowest BCUT2D eigenvalue weighted by Gasteiger charge is -2.22. The molecule has 116 valence electrons. The fourth-order valence-electron chi connectivity index (χ4n) is 2.56. The van der Waals surface area contributed by atoms with Crippen molar-refractivity contribution in [3.8, 4) is 0 Å². The van der Waals surface area contributed by atoms with Gasteiger partial charge in [0, 0.05) is 31.5 Å². The Kier molecular flexibility index (Phi) is 5.17. The van der Waals surface area contributed by atoms with Gasteiger partial charge in [0.05, 0.1) is 5.60 Å². The molecule has 1 aromatic heterocycles. The zero-order valence-electron chi connectivity index (χ0n) is 12.9. The highest BCUT2D eigenvalue weighted by Gasteiger charge is 2.27. The quantitative estimate of drug-likeness (QED) is 0.893. The lowest BCUT2D eigenvalue weighted by molar-refractivity contribution is 0.0437. The van der Waals surface area contributed by atoms with Gasteiger partial charge in [-0.2, -0.15) is 0 Å². The molecule has 2 heterocycles. The van der Waals surface area contributed by atoms with E-state index in [-0.39, 0.29) is 5.91 Å². The maximum atomic E-state index is 12.5. The van der Waals surface area contributed by atoms with Crippen LogP contribution in [0.1, 0.15) is 50.0 Å². The second-order valence-electron chi connectivity index (χ2n) is 6.00. The monoisotopic (exact) mass is 291 g/mol. The van der Waals surface area contributed by atoms with Gasteiger partial charge in [0.1, 0.15) is 5.69 Å². The minimum Gasteiger partial charge on any atom is -0.390 e. The van der Waals surface area contributed by atoms with E-state index >= 15 is 0 Å². The van der Waals surface area contributed by atoms with Crippen LogP contribution in [-0.4, -0.2) is 46.1 Å². The molecule has 5 heteroatoms. The van der Waals surface area contributed by atoms with Gasteiger partial charge < -0.3 is 15.3 Å². The van der Waals surface area contributed by atoms with E-state index in [1.165, 1.54) is 0 Å². The average molecular weight is 291 g/mol. The lowest BCUT2D eigenvalue weighted by Crippen LogP contribution is -2.34. The minimum absolute atomic E-state index is 0.0483. The van der Waals surface area contributed by atoms with Crippen LogP contribution < -0.4 is 5.32 Å². The van der Waals surface area contributed by atoms with Crippen LogP contribution in [-0.2, 0) is 0 Å². The number of aliphatic hydroxyl groups is 1. The summed E-state index contributed by atoms with van der Waals surface area (Å²) < 4.78 is 0. The van der Waals surface area contributed by atoms with Gasteiger partial charge in [-0.1, -0.05) is 6.92 Å². The third-order valence-corrected chi connectivity index (χ3v) is 3.91. The number of pyridine rings is 1. The predicted octanol–water partition coefficient (Wildman–Crippen LogP) is 2.28. The lowest BCUT2D eigenvalue weighted by atomic mass is 9.98. The molecule has 1 aliphatic heterocycles. The van der Waals surface area contributed by atoms with Crippen molar-refractivity contribution >= 4 is 11.6 Å². The summed E-state index contributed by atoms with van der Waals surface area (Å²) in [5.74, 6) is -0.0483. The van der Waals surface area contributed by atoms with Crippen LogP contribution in [0.5, 0.6) is 0 Å². The van der Waals surface area contributed by atoms with Gasteiger partial charge in [0.25, 0.3) is 5.91 Å². The number of rotatable bonds is 4. The highest BCUT2D eigenvalue weighted by molar-refractivity contribution is 5.93. The number of amides is 1. The first-order valence-electron chi connectivity index (χ1n) is 7.73. The topological polar surface area (TPSA) is 65.5 Å². The summed E-state index contributed by atoms with van der Waals surface area (Å²) in [7, 11) is 0. The Bertz CT molecular complexity index is 488. The van der Waals surface area contributed by atoms with Crippen molar-refractivity contribution in [2.75, 3.05) is 25.0 Å². The second kappa shape index (κ2) is 6.89. The van der Waals surface area contributed by atoms with Crippen molar-refractivity contribution in [1.29, 1.82) is 0 Å². The third kappa shape index (κ3) is 4.43. The standard InChI is InChI=1S/C16H25N3O2/c1-3-8-17-13-5-9-18-14(12-13)15(20)19-10-4-6-16(2,21)7-11-19/h5,9,12,21H,3-4,6-8,10-11H2,1-2H3,(H,17,18). The van der Waals surface area contributed by atoms with Gasteiger partial charge in [-0.25, -0.2) is 0 Å². The average Bonchev–Trinajstić information content (AvgIpc) is 2.65. The normalized spacial score (nSPS) is 22.7. The fraction of sp³-hybridized carbons (Fsp3) is 0.625. The Morgan fingerprint density at radius 3 is 3.05 bits per heavy atom. The molecule has 0 spiro atoms. The first-order valence-corrected chi connectivity index (χ1v) is 7.73. The number of aromatic nitrogens is 1. The zero-order chi connectivity index (χ0) is 15.3. The number of anilines is 1. The van der Waals surface area contributed by atoms with Crippen LogP contribution >= 0.6 is 0 Å². The van der Waals surface area contributed by atoms with Crippen LogP contribution in [0.25, 0.3) is 0 Å². The van der Waals surface area contributed by atoms with E-state index in [4.69, 9.17) is 0 Å². The molecule has 0 aliphatic carbocycles. The van der Waals surface area contributed by atoms with E-state index < -0.39 is 5.60 Å². The van der Waals surface area contributed by atoms with Crippen LogP contribution in [0.15, 0.2) is 18.3 Å². The van der Waals surface area contributed by atoms with Crippen molar-refractivity contribution in [2.45, 2.75) is 45.1 Å². The molecule has 5 nitrogen and oxygen atoms in total. The number of carbonyl (C=O) groups excluding carboxylic acids is 1. The number of likely N-dealkylation sites (tertiary alicyclic amines) is 1. The van der Waals surface area contributed by atoms with Gasteiger partial charge in [-0.05, 0) is 44.7 Å². The van der Waals surface area contributed by atoms with E-state index in [1.807, 2.05) is 13.0 Å². The first-order chi connectivity index (χ1) is 10.0. The van der Waals surface area contributed by atoms with Crippen LogP contribution in [0, 0.1) is 0 Å². The third-order valence-electron chi connectivity index (χ3n) is 3.91. The number of nitrogens with one attached hydrogen (secondary N) is 1. The number of carbonyl (C=O) groups is 1. The molecular weight excluding hydrogens is 266 g/mol. The molecule has 0 radical (unpaired) electrons. The molecule has 1 atom stereocenters. The molecule has 0 bridgehead atoms. The Balaban J connectivity index is 2.05. The van der Waals surface area contributed by atoms with E-state index in [0.717, 1.165) is 31.5 Å². The summed E-state index contributed by atoms with van der Waals surface area (Å²) in [4.78, 5) is 18.5. The molecule has 1 unspecified atom stereocenters. The maximum Gasteiger partial charge on any atom is 0.272 e. The molecule has 1 aliphatic rings. The molecule has 1 fully saturated rings. The van der Waals surface area contributed by atoms with Crippen LogP contribution in [0.4, 0.5) is 5.69 Å². The van der Waals surface area contributed by atoms with Gasteiger partial charge in [0.15, 0.2) is 0 Å². The van der Waals surface area contributed by atoms with Gasteiger partial charge in [-0.3, -0.25) is 9.78 Å². The summed E-state index contributed by atoms with van der Waals surface area (Å²) in [6.07, 6.45) is 4.88. The smallest absolute Gasteiger partial charge is 0.272 e. The van der Waals surface area contributed by atoms with Gasteiger partial charge in [0.2, 0.25) is 0 Å². The molecule has 2 N–H and O–H groups in total. The number of nitrogens with zero attached hydrogens (tertiary/aromatic N) is 2. The Morgan fingerprint density at radius 1 is 1.48 bits per heavy atom. The van der Waals surface area contributed by atoms with Crippen LogP contribution in [0.3, 0.4) is 0 Å². The fourth-order valence-corrected chi connectivity index (χ4v) is 2.56. The number of hydrogen-bond donors (Lipinski definition) is 2. The van der Waals surface area contributed by atoms with E-state index in [9.17, 15) is 9.90 Å². The summed E-state index contributed by atoms with van der Waals surface area (Å²) in [5.41, 5.74) is 0.738. The van der Waals surface area contributed by atoms with Crippen molar-refractivity contribution in [1.82, 2.24) is 9.88 Å². The Hall–Kier alpha value is -1.62. The first kappa shape index (κ1) is 15.8. The summed E-state index contributed by atoms with van der Waals surface area (Å²) in [5, 5.41) is 13.4. The molecule has 1 amide bonds. The van der Waals surface area contributed by atoms with Crippen molar-refractivity contribution in [3.05, 3.63) is 24.0 Å². The van der Waals surface area contributed by atoms with Crippen molar-refractivity contribution in [2.24, 2.45) is 0 Å². The predicted molar refractivity (Wildman–Crippen MR) is 83.4 cm³/mol. The van der Waals surface area contributed by atoms with E-state index in [1.54, 1.807) is 17.2 Å². The Morgan fingerprint density at radius 2 is 2.29 bits per heavy atom. The summed E-state index contributed by atoms with van der Waals surface area (Å²) in [6.45, 7) is 6.09. The number of hydrogen-bond acceptors (Lipinski definition) is 4. The Labute approximate surface area is 126 Å². The van der Waals surface area contributed by atoms with Crippen LogP contribution in [0.2, 0.25) is 0 Å². The van der Waals surface area contributed by atoms with Gasteiger partial charge in [-0.15, -0.1) is 0 Å². The van der Waals surface area contributed by atoms with Gasteiger partial charge >= 0.3 is 0 Å². The minimum atomic E-state index is -0.660. The molecule has 0 saturated carbocycles. The zero-order valence-corrected chi connectivity index (χ0v) is 12.9. The SMILES string of the molecule is CCCNc1ccnc(C(=O)N2CCCC(C)(O)CC2)c1. The van der Waals surface area contributed by atoms with E-state index in [2.05, 4.69) is 17.2 Å². The highest BCUT2D eigenvalue weighted by atomic mass is 16.3. The summed E-state index contributed by atoms with van der Waals surface area (Å²) in [6, 6.07) is 3.68. The van der Waals surface area contributed by atoms with Crippen molar-refractivity contribution < 1.29 is 9.90 Å². The molecule has 0 aromatic carbocycles. The highest BCUT2D eigenvalue weighted by Crippen LogP contribution is 2.22. The summed E-state index contributed by atoms with van der Waals surface area (Å²) >= 11 is 0. The molecule has 1 aromatic rings. The molecular formula is C16H25N3O2.